The summed E-state index contributed by atoms with van der Waals surface area (Å²) in [6, 6.07) is 2.84. The van der Waals surface area contributed by atoms with E-state index in [2.05, 4.69) is 32.4 Å². The first kappa shape index (κ1) is 39.7. The molecule has 2 aromatic heterocycles. The van der Waals surface area contributed by atoms with Gasteiger partial charge in [-0.05, 0) is 79.6 Å². The summed E-state index contributed by atoms with van der Waals surface area (Å²) in [5.74, 6) is 1.42. The Kier molecular flexibility index (Phi) is 14.4. The number of aromatic nitrogens is 4. The van der Waals surface area contributed by atoms with Gasteiger partial charge in [-0.1, -0.05) is 26.2 Å². The summed E-state index contributed by atoms with van der Waals surface area (Å²) in [6.07, 6.45) is 6.74. The number of hydrogen-bond donors (Lipinski definition) is 4. The zero-order valence-electron chi connectivity index (χ0n) is 30.7. The lowest BCUT2D eigenvalue weighted by molar-refractivity contribution is -0.115. The zero-order chi connectivity index (χ0) is 36.4. The Bertz CT molecular complexity index is 1580. The fourth-order valence-electron chi connectivity index (χ4n) is 5.60. The van der Waals surface area contributed by atoms with Gasteiger partial charge < -0.3 is 30.2 Å². The van der Waals surface area contributed by atoms with Gasteiger partial charge in [-0.15, -0.1) is 5.10 Å². The summed E-state index contributed by atoms with van der Waals surface area (Å²) in [7, 11) is 0.931. The molecule has 5 rings (SSSR count). The van der Waals surface area contributed by atoms with E-state index < -0.39 is 30.0 Å². The number of aliphatic hydroxyl groups is 1. The maximum atomic E-state index is 14.5. The molecule has 0 spiro atoms. The van der Waals surface area contributed by atoms with Crippen molar-refractivity contribution in [1.29, 1.82) is 0 Å². The van der Waals surface area contributed by atoms with Crippen LogP contribution in [0.3, 0.4) is 0 Å². The Balaban J connectivity index is 0.000000270. The molecule has 2 aliphatic rings. The number of piperidine rings is 1. The first-order valence-corrected chi connectivity index (χ1v) is 17.2. The van der Waals surface area contributed by atoms with Gasteiger partial charge in [-0.3, -0.25) is 19.5 Å². The normalized spacial score (nSPS) is 17.4. The second-order valence-electron chi connectivity index (χ2n) is 12.7. The van der Waals surface area contributed by atoms with Gasteiger partial charge in [0.15, 0.2) is 0 Å². The number of benzene rings is 1. The van der Waals surface area contributed by atoms with Gasteiger partial charge in [0.2, 0.25) is 5.88 Å². The molecule has 1 amide bonds. The van der Waals surface area contributed by atoms with Gasteiger partial charge in [0.1, 0.15) is 5.82 Å². The van der Waals surface area contributed by atoms with Gasteiger partial charge in [-0.2, -0.15) is 5.10 Å². The highest BCUT2D eigenvalue weighted by molar-refractivity contribution is 6.52. The molecule has 2 fully saturated rings. The number of nitrogens with zero attached hydrogens (tertiary/aromatic N) is 4. The predicted molar refractivity (Wildman–Crippen MR) is 193 cm³/mol. The quantitative estimate of drug-likeness (QED) is 0.171. The molecule has 0 radical (unpaired) electrons. The van der Waals surface area contributed by atoms with Gasteiger partial charge in [0.05, 0.1) is 53.4 Å². The lowest BCUT2D eigenvalue weighted by Crippen LogP contribution is -2.41. The van der Waals surface area contributed by atoms with Crippen molar-refractivity contribution in [3.63, 3.8) is 0 Å². The van der Waals surface area contributed by atoms with Crippen LogP contribution in [0.15, 0.2) is 24.3 Å². The van der Waals surface area contributed by atoms with Crippen LogP contribution in [-0.2, 0) is 27.2 Å². The maximum absolute atomic E-state index is 14.5. The van der Waals surface area contributed by atoms with Crippen LogP contribution in [0.2, 0.25) is 0 Å². The molecule has 0 atom stereocenters. The third-order valence-corrected chi connectivity index (χ3v) is 8.98. The average Bonchev–Trinajstić information content (AvgIpc) is 3.67. The highest BCUT2D eigenvalue weighted by atomic mass is 19.1. The van der Waals surface area contributed by atoms with E-state index in [1.54, 1.807) is 18.1 Å². The Morgan fingerprint density at radius 1 is 1.18 bits per heavy atom. The van der Waals surface area contributed by atoms with Crippen molar-refractivity contribution in [2.24, 2.45) is 5.73 Å². The summed E-state index contributed by atoms with van der Waals surface area (Å²) < 4.78 is 33.8. The minimum absolute atomic E-state index is 0.0454. The van der Waals surface area contributed by atoms with Crippen LogP contribution in [0.25, 0.3) is 22.6 Å². The standard InChI is InChI=1S/C19H24BFN4O3.C14H25N3O2.C2H6/c1-18(2)19(3,4)28-20(27-18)7-6-15-12-8-11(13(10-22)17(26)23-5)14(21)9-16(12)25-24-15;1-3-19-14-12(2)13(17(15-14)9-10-18)11-16-7-5-4-6-8-16;1-2/h6-10H,22H2,1-5H3,(H,23,26)(H,24,25);18H,3-11H2,1-2H3;1-2H3/b7-6+,13-10-;;. The van der Waals surface area contributed by atoms with E-state index in [1.165, 1.54) is 38.1 Å². The summed E-state index contributed by atoms with van der Waals surface area (Å²) in [5, 5.41) is 23.7. The second kappa shape index (κ2) is 17.8. The molecule has 270 valence electrons. The van der Waals surface area contributed by atoms with Crippen molar-refractivity contribution in [2.75, 3.05) is 33.4 Å². The second-order valence-corrected chi connectivity index (χ2v) is 12.7. The van der Waals surface area contributed by atoms with E-state index in [1.807, 2.05) is 53.1 Å². The van der Waals surface area contributed by atoms with Gasteiger partial charge in [0.25, 0.3) is 5.91 Å². The molecule has 5 N–H and O–H groups in total. The molecule has 4 heterocycles. The number of aromatic amines is 1. The zero-order valence-corrected chi connectivity index (χ0v) is 30.7. The van der Waals surface area contributed by atoms with Crippen molar-refractivity contribution in [3.05, 3.63) is 52.6 Å². The van der Waals surface area contributed by atoms with Crippen LogP contribution in [0.1, 0.15) is 90.2 Å². The lowest BCUT2D eigenvalue weighted by Gasteiger charge is -2.32. The van der Waals surface area contributed by atoms with Crippen LogP contribution >= 0.6 is 0 Å². The minimum Gasteiger partial charge on any atom is -0.477 e. The SMILES string of the molecule is CC.CCOc1nn(CCO)c(CN2CCCCC2)c1C.CNC(=O)/C(=C\N)c1cc2c(/C=C/B3OC(C)(C)C(C)(C)O3)n[nH]c2cc1F. The van der Waals surface area contributed by atoms with Crippen LogP contribution in [0, 0.1) is 12.7 Å². The molecule has 2 aliphatic heterocycles. The van der Waals surface area contributed by atoms with Crippen molar-refractivity contribution in [1.82, 2.24) is 30.2 Å². The summed E-state index contributed by atoms with van der Waals surface area (Å²) in [6.45, 7) is 20.4. The molecule has 0 unspecified atom stereocenters. The number of likely N-dealkylation sites (N-methyl/N-ethyl adjacent to an activating group) is 1. The third-order valence-electron chi connectivity index (χ3n) is 8.98. The van der Waals surface area contributed by atoms with Crippen molar-refractivity contribution in [3.8, 4) is 5.88 Å². The molecule has 0 bridgehead atoms. The summed E-state index contributed by atoms with van der Waals surface area (Å²) >= 11 is 0. The van der Waals surface area contributed by atoms with E-state index in [9.17, 15) is 9.18 Å². The Hall–Kier alpha value is -3.72. The molecule has 12 nitrogen and oxygen atoms in total. The van der Waals surface area contributed by atoms with E-state index >= 15 is 0 Å². The molecule has 2 saturated heterocycles. The number of aliphatic hydroxyl groups excluding tert-OH is 1. The first-order valence-electron chi connectivity index (χ1n) is 17.2. The van der Waals surface area contributed by atoms with Crippen LogP contribution in [-0.4, -0.2) is 87.6 Å². The van der Waals surface area contributed by atoms with Crippen LogP contribution < -0.4 is 15.8 Å². The number of ether oxygens (including phenoxy) is 1. The topological polar surface area (TPSA) is 153 Å². The highest BCUT2D eigenvalue weighted by Crippen LogP contribution is 2.37. The molecule has 14 heteroatoms. The molecule has 0 aliphatic carbocycles. The number of carbonyl (C=O) groups is 1. The van der Waals surface area contributed by atoms with E-state index in [0.29, 0.717) is 35.6 Å². The number of nitrogens with two attached hydrogens (primary N) is 1. The van der Waals surface area contributed by atoms with Gasteiger partial charge in [-0.25, -0.2) is 4.39 Å². The van der Waals surface area contributed by atoms with E-state index in [4.69, 9.17) is 24.9 Å². The smallest absolute Gasteiger partial charge is 0.477 e. The number of nitrogens with one attached hydrogen (secondary N) is 2. The van der Waals surface area contributed by atoms with Crippen molar-refractivity contribution >= 4 is 35.6 Å². The number of halogens is 1. The number of carbonyl (C=O) groups excluding carboxylic acids is 1. The number of H-pyrrole nitrogens is 1. The van der Waals surface area contributed by atoms with E-state index in [0.717, 1.165) is 31.4 Å². The first-order chi connectivity index (χ1) is 23.3. The fourth-order valence-corrected chi connectivity index (χ4v) is 5.60. The molecule has 0 saturated carbocycles. The Labute approximate surface area is 290 Å². The minimum atomic E-state index is -0.571. The molecular weight excluding hydrogens is 628 g/mol. The van der Waals surface area contributed by atoms with E-state index in [-0.39, 0.29) is 17.7 Å². The molecular formula is C35H55BFN7O5. The summed E-state index contributed by atoms with van der Waals surface area (Å²) in [4.78, 5) is 14.4. The average molecular weight is 684 g/mol. The van der Waals surface area contributed by atoms with Crippen LogP contribution in [0.4, 0.5) is 4.39 Å². The number of rotatable bonds is 10. The Morgan fingerprint density at radius 2 is 1.84 bits per heavy atom. The molecule has 49 heavy (non-hydrogen) atoms. The lowest BCUT2D eigenvalue weighted by atomic mass is 9.89. The molecule has 1 aromatic carbocycles. The van der Waals surface area contributed by atoms with Gasteiger partial charge in [0, 0.05) is 42.4 Å². The van der Waals surface area contributed by atoms with Crippen LogP contribution in [0.5, 0.6) is 5.88 Å². The monoisotopic (exact) mass is 683 g/mol. The third kappa shape index (κ3) is 9.50. The van der Waals surface area contributed by atoms with Gasteiger partial charge >= 0.3 is 7.12 Å². The largest absolute Gasteiger partial charge is 0.487 e. The molecule has 3 aromatic rings. The Morgan fingerprint density at radius 3 is 2.41 bits per heavy atom. The number of likely N-dealkylation sites (tertiary alicyclic amines) is 1. The fraction of sp³-hybridized carbons (Fsp3) is 0.571. The number of fused-ring (bicyclic) bond motifs is 1. The summed E-state index contributed by atoms with van der Waals surface area (Å²) in [5.41, 5.74) is 8.16. The highest BCUT2D eigenvalue weighted by Gasteiger charge is 2.50. The van der Waals surface area contributed by atoms with Crippen molar-refractivity contribution < 1.29 is 28.3 Å². The predicted octanol–water partition coefficient (Wildman–Crippen LogP) is 4.99. The number of amides is 1. The maximum Gasteiger partial charge on any atom is 0.487 e. The van der Waals surface area contributed by atoms with Crippen molar-refractivity contribution in [2.45, 2.75) is 98.9 Å². The number of hydrogen-bond acceptors (Lipinski definition) is 9.